The predicted octanol–water partition coefficient (Wildman–Crippen LogP) is -0.430. The van der Waals surface area contributed by atoms with Crippen LogP contribution in [0.25, 0.3) is 0 Å². The van der Waals surface area contributed by atoms with Gasteiger partial charge in [0.15, 0.2) is 0 Å². The number of carbonyl (C=O) groups excluding carboxylic acids is 2. The molecule has 0 radical (unpaired) electrons. The lowest BCUT2D eigenvalue weighted by Gasteiger charge is -2.34. The van der Waals surface area contributed by atoms with Gasteiger partial charge in [-0.2, -0.15) is 0 Å². The largest absolute Gasteiger partial charge is 0.369 e. The van der Waals surface area contributed by atoms with Crippen LogP contribution in [-0.4, -0.2) is 47.9 Å². The molecule has 0 atom stereocenters. The van der Waals surface area contributed by atoms with Crippen molar-refractivity contribution in [2.45, 2.75) is 51.1 Å². The lowest BCUT2D eigenvalue weighted by atomic mass is 9.92. The lowest BCUT2D eigenvalue weighted by Crippen LogP contribution is -2.57. The van der Waals surface area contributed by atoms with Crippen LogP contribution in [0.4, 0.5) is 0 Å². The third-order valence-electron chi connectivity index (χ3n) is 4.02. The van der Waals surface area contributed by atoms with Crippen LogP contribution in [0.2, 0.25) is 0 Å². The molecule has 0 aromatic rings. The summed E-state index contributed by atoms with van der Waals surface area (Å²) < 4.78 is 0. The fourth-order valence-electron chi connectivity index (χ4n) is 2.36. The number of nitrogens with zero attached hydrogens (tertiary/aromatic N) is 1. The van der Waals surface area contributed by atoms with Crippen LogP contribution >= 0.6 is 0 Å². The summed E-state index contributed by atoms with van der Waals surface area (Å²) in [7, 11) is 0. The average molecular weight is 270 g/mol. The van der Waals surface area contributed by atoms with Crippen molar-refractivity contribution in [1.82, 2.24) is 10.2 Å². The Labute approximate surface area is 114 Å². The number of amides is 2. The minimum atomic E-state index is -0.760. The number of hydrogen-bond donors (Lipinski definition) is 3. The smallest absolute Gasteiger partial charge is 0.240 e. The molecule has 1 aliphatic heterocycles. The summed E-state index contributed by atoms with van der Waals surface area (Å²) in [6.45, 7) is 5.72. The van der Waals surface area contributed by atoms with Gasteiger partial charge in [0, 0.05) is 19.1 Å². The Bertz CT molecular complexity index is 321. The Morgan fingerprint density at radius 2 is 1.79 bits per heavy atom. The van der Waals surface area contributed by atoms with Crippen LogP contribution in [-0.2, 0) is 9.59 Å². The van der Waals surface area contributed by atoms with Crippen molar-refractivity contribution in [3.63, 3.8) is 0 Å². The first-order valence-electron chi connectivity index (χ1n) is 7.01. The Hall–Kier alpha value is -1.14. The van der Waals surface area contributed by atoms with E-state index in [1.807, 2.05) is 18.7 Å². The molecule has 110 valence electrons. The zero-order valence-electron chi connectivity index (χ0n) is 11.9. The number of nitrogens with two attached hydrogens (primary N) is 2. The van der Waals surface area contributed by atoms with E-state index in [1.54, 1.807) is 0 Å². The molecule has 6 heteroatoms. The molecule has 0 spiro atoms. The van der Waals surface area contributed by atoms with Gasteiger partial charge in [0.1, 0.15) is 0 Å². The molecule has 0 aromatic heterocycles. The highest BCUT2D eigenvalue weighted by molar-refractivity contribution is 5.86. The highest BCUT2D eigenvalue weighted by atomic mass is 16.2. The summed E-state index contributed by atoms with van der Waals surface area (Å²) in [6.07, 6.45) is 2.94. The number of likely N-dealkylation sites (tertiary alicyclic amines) is 1. The molecule has 0 aromatic carbocycles. The second kappa shape index (κ2) is 6.86. The van der Waals surface area contributed by atoms with Crippen LogP contribution in [0.5, 0.6) is 0 Å². The number of nitrogens with one attached hydrogen (secondary N) is 1. The van der Waals surface area contributed by atoms with E-state index >= 15 is 0 Å². The summed E-state index contributed by atoms with van der Waals surface area (Å²) in [4.78, 5) is 25.0. The number of rotatable bonds is 6. The quantitative estimate of drug-likeness (QED) is 0.609. The van der Waals surface area contributed by atoms with Gasteiger partial charge in [-0.3, -0.25) is 14.5 Å². The van der Waals surface area contributed by atoms with Gasteiger partial charge < -0.3 is 16.8 Å². The Morgan fingerprint density at radius 3 is 2.21 bits per heavy atom. The molecule has 1 saturated heterocycles. The number of hydrogen-bond acceptors (Lipinski definition) is 4. The number of carbonyl (C=O) groups is 2. The van der Waals surface area contributed by atoms with E-state index < -0.39 is 5.54 Å². The van der Waals surface area contributed by atoms with Crippen molar-refractivity contribution in [3.05, 3.63) is 0 Å². The van der Waals surface area contributed by atoms with E-state index in [0.717, 1.165) is 25.9 Å². The first kappa shape index (κ1) is 15.9. The maximum absolute atomic E-state index is 12.1. The topological polar surface area (TPSA) is 101 Å². The van der Waals surface area contributed by atoms with Crippen molar-refractivity contribution in [2.24, 2.45) is 11.5 Å². The van der Waals surface area contributed by atoms with Crippen molar-refractivity contribution >= 4 is 11.8 Å². The molecule has 0 unspecified atom stereocenters. The minimum absolute atomic E-state index is 0.0640. The molecular formula is C13H26N4O2. The highest BCUT2D eigenvalue weighted by Gasteiger charge is 2.32. The minimum Gasteiger partial charge on any atom is -0.369 e. The van der Waals surface area contributed by atoms with Crippen molar-refractivity contribution in [2.75, 3.05) is 19.6 Å². The second-order valence-corrected chi connectivity index (χ2v) is 5.35. The fourth-order valence-corrected chi connectivity index (χ4v) is 2.36. The molecule has 1 rings (SSSR count). The van der Waals surface area contributed by atoms with Gasteiger partial charge in [0.25, 0.3) is 0 Å². The van der Waals surface area contributed by atoms with Crippen LogP contribution in [0.15, 0.2) is 0 Å². The normalized spacial score (nSPS) is 18.3. The Morgan fingerprint density at radius 1 is 1.26 bits per heavy atom. The van der Waals surface area contributed by atoms with Crippen LogP contribution in [0.3, 0.4) is 0 Å². The van der Waals surface area contributed by atoms with Gasteiger partial charge in [-0.15, -0.1) is 0 Å². The van der Waals surface area contributed by atoms with Gasteiger partial charge in [-0.05, 0) is 25.7 Å². The van der Waals surface area contributed by atoms with Gasteiger partial charge in [-0.25, -0.2) is 0 Å². The van der Waals surface area contributed by atoms with Gasteiger partial charge in [0.2, 0.25) is 11.8 Å². The van der Waals surface area contributed by atoms with E-state index in [-0.39, 0.29) is 17.9 Å². The first-order valence-corrected chi connectivity index (χ1v) is 7.01. The maximum Gasteiger partial charge on any atom is 0.240 e. The number of primary amides is 1. The molecule has 1 aliphatic rings. The summed E-state index contributed by atoms with van der Waals surface area (Å²) in [6, 6.07) is 0.151. The molecule has 19 heavy (non-hydrogen) atoms. The lowest BCUT2D eigenvalue weighted by molar-refractivity contribution is -0.128. The monoisotopic (exact) mass is 270 g/mol. The molecular weight excluding hydrogens is 244 g/mol. The van der Waals surface area contributed by atoms with Crippen molar-refractivity contribution in [3.8, 4) is 0 Å². The molecule has 0 aliphatic carbocycles. The standard InChI is InChI=1S/C13H26N4O2/c1-3-13(15,4-2)12(19)16-10-5-7-17(8-6-10)9-11(14)18/h10H,3-9,15H2,1-2H3,(H2,14,18)(H,16,19). The van der Waals surface area contributed by atoms with E-state index in [2.05, 4.69) is 5.32 Å². The van der Waals surface area contributed by atoms with E-state index in [4.69, 9.17) is 11.5 Å². The Kier molecular flexibility index (Phi) is 5.75. The predicted molar refractivity (Wildman–Crippen MR) is 74.3 cm³/mol. The fraction of sp³-hybridized carbons (Fsp3) is 0.846. The maximum atomic E-state index is 12.1. The summed E-state index contributed by atoms with van der Waals surface area (Å²) in [5.74, 6) is -0.369. The second-order valence-electron chi connectivity index (χ2n) is 5.35. The molecule has 1 heterocycles. The highest BCUT2D eigenvalue weighted by Crippen LogP contribution is 2.15. The molecule has 5 N–H and O–H groups in total. The molecule has 1 fully saturated rings. The molecule has 6 nitrogen and oxygen atoms in total. The zero-order chi connectivity index (χ0) is 14.5. The van der Waals surface area contributed by atoms with E-state index in [1.165, 1.54) is 0 Å². The SMILES string of the molecule is CCC(N)(CC)C(=O)NC1CCN(CC(N)=O)CC1. The van der Waals surface area contributed by atoms with Crippen LogP contribution < -0.4 is 16.8 Å². The molecule has 0 bridgehead atoms. The van der Waals surface area contributed by atoms with E-state index in [0.29, 0.717) is 19.4 Å². The molecule has 0 saturated carbocycles. The summed E-state index contributed by atoms with van der Waals surface area (Å²) in [5.41, 5.74) is 10.5. The van der Waals surface area contributed by atoms with E-state index in [9.17, 15) is 9.59 Å². The van der Waals surface area contributed by atoms with Crippen LogP contribution in [0.1, 0.15) is 39.5 Å². The van der Waals surface area contributed by atoms with Crippen LogP contribution in [0, 0.1) is 0 Å². The third-order valence-corrected chi connectivity index (χ3v) is 4.02. The van der Waals surface area contributed by atoms with Gasteiger partial charge >= 0.3 is 0 Å². The van der Waals surface area contributed by atoms with Crippen molar-refractivity contribution in [1.29, 1.82) is 0 Å². The van der Waals surface area contributed by atoms with Crippen molar-refractivity contribution < 1.29 is 9.59 Å². The molecule has 2 amide bonds. The first-order chi connectivity index (χ1) is 8.91. The average Bonchev–Trinajstić information content (AvgIpc) is 2.39. The van der Waals surface area contributed by atoms with Gasteiger partial charge in [0.05, 0.1) is 12.1 Å². The Balaban J connectivity index is 2.40. The summed E-state index contributed by atoms with van der Waals surface area (Å²) in [5, 5.41) is 3.03. The number of piperidine rings is 1. The zero-order valence-corrected chi connectivity index (χ0v) is 11.9. The summed E-state index contributed by atoms with van der Waals surface area (Å²) >= 11 is 0. The van der Waals surface area contributed by atoms with Gasteiger partial charge in [-0.1, -0.05) is 13.8 Å². The third kappa shape index (κ3) is 4.47.